The lowest BCUT2D eigenvalue weighted by molar-refractivity contribution is -0.228. The highest BCUT2D eigenvalue weighted by atomic mass is 32.1. The van der Waals surface area contributed by atoms with Crippen LogP contribution in [0.4, 0.5) is 0 Å². The second-order valence-electron chi connectivity index (χ2n) is 6.81. The van der Waals surface area contributed by atoms with E-state index in [-0.39, 0.29) is 12.2 Å². The first-order valence-corrected chi connectivity index (χ1v) is 10.7. The van der Waals surface area contributed by atoms with E-state index in [9.17, 15) is 25.2 Å². The minimum absolute atomic E-state index is 0.116. The molecule has 0 aromatic carbocycles. The van der Waals surface area contributed by atoms with Crippen molar-refractivity contribution in [3.05, 3.63) is 32.8 Å². The van der Waals surface area contributed by atoms with Gasteiger partial charge in [-0.25, -0.2) is 9.97 Å². The molecule has 1 fully saturated rings. The summed E-state index contributed by atoms with van der Waals surface area (Å²) in [4.78, 5) is 22.4. The lowest BCUT2D eigenvalue weighted by Crippen LogP contribution is -2.58. The van der Waals surface area contributed by atoms with Gasteiger partial charge in [-0.2, -0.15) is 15.4 Å². The number of hydrogen-bond donors (Lipinski definition) is 5. The van der Waals surface area contributed by atoms with Crippen LogP contribution in [0.1, 0.15) is 25.3 Å². The molecule has 0 radical (unpaired) electrons. The van der Waals surface area contributed by atoms with E-state index in [0.29, 0.717) is 31.2 Å². The molecule has 0 bridgehead atoms. The molecule has 1 aliphatic rings. The topological polar surface area (TPSA) is 175 Å². The molecule has 13 heteroatoms. The SMILES string of the molecule is Cc1nc(-c2cn[nH]n2)sc1C(=O)c1cnc(C[C@H]2O[C@H](CO)[C@@H](O)[C@H](O)[C@@H]2O)s1. The van der Waals surface area contributed by atoms with Crippen molar-refractivity contribution in [1.82, 2.24) is 25.4 Å². The number of aromatic amines is 1. The largest absolute Gasteiger partial charge is 0.394 e. The van der Waals surface area contributed by atoms with Crippen molar-refractivity contribution in [3.8, 4) is 10.7 Å². The summed E-state index contributed by atoms with van der Waals surface area (Å²) in [6, 6.07) is 0. The standard InChI is InChI=1S/C17H19N5O6S2/c1-6-16(30-17(20-6)7-3-19-22-21-7)14(26)10-4-18-11(29-10)2-8-12(24)15(27)13(25)9(5-23)28-8/h3-4,8-9,12-13,15,23-25,27H,2,5H2,1H3,(H,19,21,22)/t8-,9-,12-,13-,15-/m1/s1. The smallest absolute Gasteiger partial charge is 0.216 e. The maximum absolute atomic E-state index is 12.9. The van der Waals surface area contributed by atoms with Crippen LogP contribution in [0, 0.1) is 6.92 Å². The minimum atomic E-state index is -1.45. The van der Waals surface area contributed by atoms with Crippen molar-refractivity contribution in [1.29, 1.82) is 0 Å². The average Bonchev–Trinajstić information content (AvgIpc) is 3.48. The van der Waals surface area contributed by atoms with E-state index in [1.165, 1.54) is 23.7 Å². The lowest BCUT2D eigenvalue weighted by Gasteiger charge is -2.39. The van der Waals surface area contributed by atoms with E-state index in [0.717, 1.165) is 11.3 Å². The third-order valence-electron chi connectivity index (χ3n) is 4.78. The van der Waals surface area contributed by atoms with Crippen LogP contribution >= 0.6 is 22.7 Å². The van der Waals surface area contributed by atoms with Crippen molar-refractivity contribution >= 4 is 28.5 Å². The molecular formula is C17H19N5O6S2. The molecule has 4 rings (SSSR count). The van der Waals surface area contributed by atoms with Gasteiger partial charge in [0.15, 0.2) is 0 Å². The Morgan fingerprint density at radius 3 is 2.63 bits per heavy atom. The van der Waals surface area contributed by atoms with Gasteiger partial charge in [0.1, 0.15) is 35.1 Å². The summed E-state index contributed by atoms with van der Waals surface area (Å²) < 4.78 is 5.50. The van der Waals surface area contributed by atoms with Crippen LogP contribution in [0.3, 0.4) is 0 Å². The summed E-state index contributed by atoms with van der Waals surface area (Å²) in [6.45, 7) is 1.24. The number of thiazole rings is 2. The number of H-pyrrole nitrogens is 1. The lowest BCUT2D eigenvalue weighted by atomic mass is 9.94. The van der Waals surface area contributed by atoms with Gasteiger partial charge in [-0.05, 0) is 6.92 Å². The van der Waals surface area contributed by atoms with E-state index >= 15 is 0 Å². The molecule has 5 N–H and O–H groups in total. The Labute approximate surface area is 178 Å². The first kappa shape index (κ1) is 21.1. The summed E-state index contributed by atoms with van der Waals surface area (Å²) in [5.74, 6) is -0.225. The number of rotatable bonds is 6. The Hall–Kier alpha value is -2.13. The molecule has 11 nitrogen and oxygen atoms in total. The van der Waals surface area contributed by atoms with Gasteiger partial charge in [-0.3, -0.25) is 4.79 Å². The quantitative estimate of drug-likeness (QED) is 0.300. The minimum Gasteiger partial charge on any atom is -0.394 e. The van der Waals surface area contributed by atoms with E-state index < -0.39 is 37.1 Å². The summed E-state index contributed by atoms with van der Waals surface area (Å²) in [5, 5.41) is 50.6. The Bertz CT molecular complexity index is 1020. The number of aryl methyl sites for hydroxylation is 1. The molecular weight excluding hydrogens is 434 g/mol. The van der Waals surface area contributed by atoms with Crippen molar-refractivity contribution in [2.75, 3.05) is 6.61 Å². The number of ether oxygens (including phenoxy) is 1. The molecule has 0 aliphatic carbocycles. The van der Waals surface area contributed by atoms with E-state index in [4.69, 9.17) is 4.74 Å². The first-order chi connectivity index (χ1) is 14.4. The van der Waals surface area contributed by atoms with Crippen LogP contribution in [0.2, 0.25) is 0 Å². The molecule has 3 aromatic heterocycles. The van der Waals surface area contributed by atoms with Gasteiger partial charge in [0, 0.05) is 12.6 Å². The first-order valence-electron chi connectivity index (χ1n) is 9.02. The van der Waals surface area contributed by atoms with Crippen LogP contribution in [0.5, 0.6) is 0 Å². The van der Waals surface area contributed by atoms with Gasteiger partial charge in [-0.15, -0.1) is 22.7 Å². The molecule has 1 aliphatic heterocycles. The highest BCUT2D eigenvalue weighted by molar-refractivity contribution is 7.19. The van der Waals surface area contributed by atoms with Crippen LogP contribution in [0.15, 0.2) is 12.4 Å². The molecule has 1 saturated heterocycles. The number of aliphatic hydroxyl groups is 4. The number of ketones is 1. The van der Waals surface area contributed by atoms with Crippen molar-refractivity contribution < 1.29 is 30.0 Å². The van der Waals surface area contributed by atoms with Crippen molar-refractivity contribution in [3.63, 3.8) is 0 Å². The van der Waals surface area contributed by atoms with Crippen LogP contribution in [-0.4, -0.2) is 88.7 Å². The van der Waals surface area contributed by atoms with Gasteiger partial charge >= 0.3 is 0 Å². The predicted octanol–water partition coefficient (Wildman–Crippen LogP) is -0.691. The Morgan fingerprint density at radius 2 is 1.93 bits per heavy atom. The average molecular weight is 454 g/mol. The molecule has 0 amide bonds. The van der Waals surface area contributed by atoms with Crippen LogP contribution in [0.25, 0.3) is 10.7 Å². The number of carbonyl (C=O) groups is 1. The highest BCUT2D eigenvalue weighted by Gasteiger charge is 2.43. The third-order valence-corrected chi connectivity index (χ3v) is 6.98. The molecule has 30 heavy (non-hydrogen) atoms. The summed E-state index contributed by atoms with van der Waals surface area (Å²) in [5.41, 5.74) is 1.13. The second-order valence-corrected chi connectivity index (χ2v) is 8.92. The maximum Gasteiger partial charge on any atom is 0.216 e. The molecule has 0 spiro atoms. The fourth-order valence-corrected chi connectivity index (χ4v) is 5.11. The van der Waals surface area contributed by atoms with Gasteiger partial charge in [0.25, 0.3) is 0 Å². The number of nitrogens with one attached hydrogen (secondary N) is 1. The number of nitrogens with zero attached hydrogens (tertiary/aromatic N) is 4. The summed E-state index contributed by atoms with van der Waals surface area (Å²) >= 11 is 2.36. The van der Waals surface area contributed by atoms with Crippen LogP contribution < -0.4 is 0 Å². The molecule has 3 aromatic rings. The zero-order valence-electron chi connectivity index (χ0n) is 15.7. The normalized spacial score (nSPS) is 26.8. The number of aliphatic hydroxyl groups excluding tert-OH is 4. The van der Waals surface area contributed by atoms with E-state index in [1.807, 2.05) is 0 Å². The fourth-order valence-electron chi connectivity index (χ4n) is 3.16. The van der Waals surface area contributed by atoms with Gasteiger partial charge < -0.3 is 25.2 Å². The second kappa shape index (κ2) is 8.55. The molecule has 0 unspecified atom stereocenters. The number of carbonyl (C=O) groups excluding carboxylic acids is 1. The monoisotopic (exact) mass is 453 g/mol. The zero-order valence-corrected chi connectivity index (χ0v) is 17.3. The van der Waals surface area contributed by atoms with Crippen molar-refractivity contribution in [2.24, 2.45) is 0 Å². The summed E-state index contributed by atoms with van der Waals surface area (Å²) in [6.07, 6.45) is -2.98. The molecule has 160 valence electrons. The van der Waals surface area contributed by atoms with E-state index in [1.54, 1.807) is 6.92 Å². The summed E-state index contributed by atoms with van der Waals surface area (Å²) in [7, 11) is 0. The van der Waals surface area contributed by atoms with Gasteiger partial charge in [-0.1, -0.05) is 0 Å². The molecule has 5 atom stereocenters. The fraction of sp³-hybridized carbons (Fsp3) is 0.471. The highest BCUT2D eigenvalue weighted by Crippen LogP contribution is 2.30. The Balaban J connectivity index is 1.50. The Morgan fingerprint density at radius 1 is 1.17 bits per heavy atom. The van der Waals surface area contributed by atoms with Gasteiger partial charge in [0.05, 0.1) is 39.4 Å². The maximum atomic E-state index is 12.9. The predicted molar refractivity (Wildman–Crippen MR) is 105 cm³/mol. The van der Waals surface area contributed by atoms with Crippen molar-refractivity contribution in [2.45, 2.75) is 43.9 Å². The molecule has 4 heterocycles. The number of hydrogen-bond acceptors (Lipinski definition) is 12. The van der Waals surface area contributed by atoms with Crippen LogP contribution in [-0.2, 0) is 11.2 Å². The third kappa shape index (κ3) is 3.92. The zero-order chi connectivity index (χ0) is 21.4. The number of aromatic nitrogens is 5. The molecule has 0 saturated carbocycles. The Kier molecular flexibility index (Phi) is 6.02. The van der Waals surface area contributed by atoms with Gasteiger partial charge in [0.2, 0.25) is 5.78 Å². The van der Waals surface area contributed by atoms with E-state index in [2.05, 4.69) is 25.4 Å².